The summed E-state index contributed by atoms with van der Waals surface area (Å²) in [5.74, 6) is 0.469. The average molecular weight is 418 g/mol. The molecule has 0 bridgehead atoms. The lowest BCUT2D eigenvalue weighted by Crippen LogP contribution is -2.19. The molecule has 3 aromatic rings. The van der Waals surface area contributed by atoms with Crippen LogP contribution in [0.4, 0.5) is 11.5 Å². The van der Waals surface area contributed by atoms with E-state index >= 15 is 0 Å². The molecule has 31 heavy (non-hydrogen) atoms. The number of nitrogens with two attached hydrogens (primary N) is 1. The van der Waals surface area contributed by atoms with Crippen LogP contribution in [0, 0.1) is 6.92 Å². The molecule has 0 aliphatic heterocycles. The molecule has 0 radical (unpaired) electrons. The van der Waals surface area contributed by atoms with Gasteiger partial charge in [0.25, 0.3) is 11.8 Å². The normalized spacial score (nSPS) is 10.4. The summed E-state index contributed by atoms with van der Waals surface area (Å²) in [5, 5.41) is 5.57. The van der Waals surface area contributed by atoms with Crippen LogP contribution in [0.5, 0.6) is 5.75 Å². The Morgan fingerprint density at radius 3 is 2.48 bits per heavy atom. The molecule has 0 saturated heterocycles. The van der Waals surface area contributed by atoms with E-state index in [2.05, 4.69) is 15.6 Å². The molecule has 1 aromatic heterocycles. The van der Waals surface area contributed by atoms with Crippen LogP contribution in [0.3, 0.4) is 0 Å². The van der Waals surface area contributed by atoms with E-state index in [4.69, 9.17) is 10.5 Å². The average Bonchev–Trinajstić information content (AvgIpc) is 2.79. The van der Waals surface area contributed by atoms with Crippen molar-refractivity contribution in [2.45, 2.75) is 19.8 Å². The first-order chi connectivity index (χ1) is 15.1. The van der Waals surface area contributed by atoms with Gasteiger partial charge in [-0.25, -0.2) is 4.98 Å². The first kappa shape index (κ1) is 22.0. The van der Waals surface area contributed by atoms with Crippen LogP contribution < -0.4 is 21.1 Å². The third kappa shape index (κ3) is 6.38. The number of hydrogen-bond donors (Lipinski definition) is 3. The van der Waals surface area contributed by atoms with E-state index in [-0.39, 0.29) is 11.8 Å². The molecule has 7 nitrogen and oxygen atoms in total. The van der Waals surface area contributed by atoms with Crippen molar-refractivity contribution in [1.29, 1.82) is 0 Å². The number of unbranched alkanes of at least 4 members (excludes halogenated alkanes) is 1. The molecule has 4 N–H and O–H groups in total. The number of pyridine rings is 1. The number of carbonyl (C=O) groups excluding carboxylic acids is 2. The quantitative estimate of drug-likeness (QED) is 0.455. The number of anilines is 2. The molecule has 0 fully saturated rings. The van der Waals surface area contributed by atoms with Crippen LogP contribution in [0.15, 0.2) is 66.9 Å². The zero-order valence-electron chi connectivity index (χ0n) is 17.4. The summed E-state index contributed by atoms with van der Waals surface area (Å²) in [6.07, 6.45) is 3.39. The zero-order valence-corrected chi connectivity index (χ0v) is 17.4. The van der Waals surface area contributed by atoms with Crippen LogP contribution in [0.2, 0.25) is 0 Å². The minimum atomic E-state index is -0.348. The molecule has 0 spiro atoms. The van der Waals surface area contributed by atoms with Gasteiger partial charge in [-0.15, -0.1) is 0 Å². The number of rotatable bonds is 9. The highest BCUT2D eigenvalue weighted by Gasteiger charge is 2.15. The fraction of sp³-hybridized carbons (Fsp3) is 0.208. The number of nitrogens with zero attached hydrogens (tertiary/aromatic N) is 1. The van der Waals surface area contributed by atoms with Crippen LogP contribution in [0.1, 0.15) is 39.1 Å². The predicted octanol–water partition coefficient (Wildman–Crippen LogP) is 4.01. The number of hydrogen-bond acceptors (Lipinski definition) is 5. The maximum Gasteiger partial charge on any atom is 0.258 e. The van der Waals surface area contributed by atoms with E-state index in [1.54, 1.807) is 60.8 Å². The van der Waals surface area contributed by atoms with Gasteiger partial charge in [0, 0.05) is 11.8 Å². The molecule has 2 aromatic carbocycles. The zero-order chi connectivity index (χ0) is 22.1. The van der Waals surface area contributed by atoms with Gasteiger partial charge in [-0.2, -0.15) is 0 Å². The van der Waals surface area contributed by atoms with Gasteiger partial charge in [-0.3, -0.25) is 9.59 Å². The fourth-order valence-electron chi connectivity index (χ4n) is 2.91. The number of aryl methyl sites for hydroxylation is 1. The summed E-state index contributed by atoms with van der Waals surface area (Å²) in [6.45, 7) is 3.11. The van der Waals surface area contributed by atoms with Crippen LogP contribution in [0.25, 0.3) is 0 Å². The third-order valence-corrected chi connectivity index (χ3v) is 4.56. The van der Waals surface area contributed by atoms with Crippen molar-refractivity contribution in [3.63, 3.8) is 0 Å². The highest BCUT2D eigenvalue weighted by atomic mass is 16.5. The van der Waals surface area contributed by atoms with Gasteiger partial charge < -0.3 is 21.1 Å². The van der Waals surface area contributed by atoms with E-state index in [0.29, 0.717) is 41.5 Å². The SMILES string of the molecule is Cc1ccc(NC(=O)c2ccc(OCCCCN)cc2)c(C(=O)Nc2ccccn2)c1. The summed E-state index contributed by atoms with van der Waals surface area (Å²) in [6, 6.07) is 17.4. The minimum absolute atomic E-state index is 0.314. The van der Waals surface area contributed by atoms with Gasteiger partial charge in [-0.1, -0.05) is 17.7 Å². The maximum atomic E-state index is 12.8. The highest BCUT2D eigenvalue weighted by Crippen LogP contribution is 2.21. The first-order valence-electron chi connectivity index (χ1n) is 10.1. The first-order valence-corrected chi connectivity index (χ1v) is 10.1. The Labute approximate surface area is 181 Å². The largest absolute Gasteiger partial charge is 0.494 e. The van der Waals surface area contributed by atoms with E-state index in [1.165, 1.54) is 0 Å². The lowest BCUT2D eigenvalue weighted by atomic mass is 10.1. The Kier molecular flexibility index (Phi) is 7.73. The Bertz CT molecular complexity index is 1020. The van der Waals surface area contributed by atoms with E-state index < -0.39 is 0 Å². The molecule has 1 heterocycles. The van der Waals surface area contributed by atoms with Crippen molar-refractivity contribution in [2.75, 3.05) is 23.8 Å². The summed E-state index contributed by atoms with van der Waals surface area (Å²) in [7, 11) is 0. The van der Waals surface area contributed by atoms with Gasteiger partial charge in [0.05, 0.1) is 17.9 Å². The number of aromatic nitrogens is 1. The van der Waals surface area contributed by atoms with Crippen molar-refractivity contribution in [3.05, 3.63) is 83.6 Å². The summed E-state index contributed by atoms with van der Waals surface area (Å²) < 4.78 is 5.64. The Morgan fingerprint density at radius 2 is 1.77 bits per heavy atom. The molecule has 7 heteroatoms. The Morgan fingerprint density at radius 1 is 0.968 bits per heavy atom. The van der Waals surface area contributed by atoms with Gasteiger partial charge in [-0.05, 0) is 74.8 Å². The van der Waals surface area contributed by atoms with Gasteiger partial charge in [0.1, 0.15) is 11.6 Å². The molecular weight excluding hydrogens is 392 g/mol. The second-order valence-electron chi connectivity index (χ2n) is 7.04. The van der Waals surface area contributed by atoms with Crippen LogP contribution in [-0.4, -0.2) is 29.9 Å². The second kappa shape index (κ2) is 10.9. The highest BCUT2D eigenvalue weighted by molar-refractivity contribution is 6.12. The molecule has 0 saturated carbocycles. The number of amides is 2. The van der Waals surface area contributed by atoms with Crippen molar-refractivity contribution < 1.29 is 14.3 Å². The monoisotopic (exact) mass is 418 g/mol. The van der Waals surface area contributed by atoms with Crippen molar-refractivity contribution in [3.8, 4) is 5.75 Å². The topological polar surface area (TPSA) is 106 Å². The molecule has 2 amide bonds. The van der Waals surface area contributed by atoms with Crippen LogP contribution >= 0.6 is 0 Å². The van der Waals surface area contributed by atoms with E-state index in [9.17, 15) is 9.59 Å². The summed E-state index contributed by atoms with van der Waals surface area (Å²) >= 11 is 0. The van der Waals surface area contributed by atoms with E-state index in [1.807, 2.05) is 13.0 Å². The lowest BCUT2D eigenvalue weighted by Gasteiger charge is -2.13. The van der Waals surface area contributed by atoms with Gasteiger partial charge in [0.2, 0.25) is 0 Å². The smallest absolute Gasteiger partial charge is 0.258 e. The minimum Gasteiger partial charge on any atom is -0.494 e. The fourth-order valence-corrected chi connectivity index (χ4v) is 2.91. The van der Waals surface area contributed by atoms with Crippen molar-refractivity contribution >= 4 is 23.3 Å². The Hall–Kier alpha value is -3.71. The molecule has 0 aliphatic carbocycles. The number of nitrogens with one attached hydrogen (secondary N) is 2. The van der Waals surface area contributed by atoms with Crippen molar-refractivity contribution in [1.82, 2.24) is 4.98 Å². The second-order valence-corrected chi connectivity index (χ2v) is 7.04. The third-order valence-electron chi connectivity index (χ3n) is 4.56. The molecule has 0 unspecified atom stereocenters. The van der Waals surface area contributed by atoms with Gasteiger partial charge >= 0.3 is 0 Å². The molecule has 0 aliphatic rings. The standard InChI is InChI=1S/C24H26N4O3/c1-17-7-12-21(20(16-17)24(30)28-22-6-2-4-14-26-22)27-23(29)18-8-10-19(11-9-18)31-15-5-3-13-25/h2,4,6-12,14,16H,3,5,13,15,25H2,1H3,(H,27,29)(H,26,28,30). The molecule has 3 rings (SSSR count). The summed E-state index contributed by atoms with van der Waals surface area (Å²) in [5.41, 5.74) is 7.62. The molecule has 0 atom stereocenters. The van der Waals surface area contributed by atoms with Gasteiger partial charge in [0.15, 0.2) is 0 Å². The lowest BCUT2D eigenvalue weighted by molar-refractivity contribution is 0.102. The maximum absolute atomic E-state index is 12.8. The van der Waals surface area contributed by atoms with Crippen LogP contribution in [-0.2, 0) is 0 Å². The summed E-state index contributed by atoms with van der Waals surface area (Å²) in [4.78, 5) is 29.6. The molecule has 160 valence electrons. The number of benzene rings is 2. The number of carbonyl (C=O) groups is 2. The van der Waals surface area contributed by atoms with E-state index in [0.717, 1.165) is 18.4 Å². The molecular formula is C24H26N4O3. The Balaban J connectivity index is 1.69. The van der Waals surface area contributed by atoms with Crippen molar-refractivity contribution in [2.24, 2.45) is 5.73 Å². The predicted molar refractivity (Wildman–Crippen MR) is 122 cm³/mol. The number of ether oxygens (including phenoxy) is 1.